The molecule has 1 heterocycles. The van der Waals surface area contributed by atoms with Crippen molar-refractivity contribution in [3.05, 3.63) is 35.4 Å². The summed E-state index contributed by atoms with van der Waals surface area (Å²) < 4.78 is 0. The Bertz CT molecular complexity index is 587. The van der Waals surface area contributed by atoms with Gasteiger partial charge in [0.2, 0.25) is 11.8 Å². The van der Waals surface area contributed by atoms with Gasteiger partial charge in [-0.25, -0.2) is 0 Å². The average Bonchev–Trinajstić information content (AvgIpc) is 3.15. The Labute approximate surface area is 137 Å². The molecule has 1 saturated carbocycles. The largest absolute Gasteiger partial charge is 0.352 e. The molecule has 2 fully saturated rings. The minimum atomic E-state index is 0.0531. The average molecular weight is 315 g/mol. The molecule has 0 spiro atoms. The van der Waals surface area contributed by atoms with E-state index < -0.39 is 0 Å². The Hall–Kier alpha value is -1.88. The lowest BCUT2D eigenvalue weighted by atomic mass is 10.0. The molecule has 1 aromatic rings. The van der Waals surface area contributed by atoms with Crippen molar-refractivity contribution in [3.8, 4) is 0 Å². The summed E-state index contributed by atoms with van der Waals surface area (Å²) in [5.41, 5.74) is 8.08. The minimum Gasteiger partial charge on any atom is -0.352 e. The molecule has 1 saturated heterocycles. The first-order valence-electron chi connectivity index (χ1n) is 8.51. The van der Waals surface area contributed by atoms with Crippen LogP contribution in [0.4, 0.5) is 0 Å². The zero-order chi connectivity index (χ0) is 16.2. The molecule has 1 aromatic carbocycles. The fraction of sp³-hybridized carbons (Fsp3) is 0.556. The van der Waals surface area contributed by atoms with Gasteiger partial charge in [0.25, 0.3) is 0 Å². The summed E-state index contributed by atoms with van der Waals surface area (Å²) in [6.07, 6.45) is 4.21. The van der Waals surface area contributed by atoms with Crippen LogP contribution < -0.4 is 11.1 Å². The van der Waals surface area contributed by atoms with Crippen molar-refractivity contribution in [2.24, 2.45) is 11.7 Å². The van der Waals surface area contributed by atoms with Gasteiger partial charge in [-0.15, -0.1) is 0 Å². The Balaban J connectivity index is 1.59. The van der Waals surface area contributed by atoms with E-state index in [4.69, 9.17) is 5.73 Å². The van der Waals surface area contributed by atoms with E-state index in [-0.39, 0.29) is 23.8 Å². The zero-order valence-corrected chi connectivity index (χ0v) is 13.5. The van der Waals surface area contributed by atoms with Gasteiger partial charge in [-0.3, -0.25) is 9.59 Å². The maximum absolute atomic E-state index is 12.2. The third kappa shape index (κ3) is 3.91. The molecular weight excluding hydrogens is 290 g/mol. The van der Waals surface area contributed by atoms with Crippen LogP contribution in [-0.4, -0.2) is 29.3 Å². The summed E-state index contributed by atoms with van der Waals surface area (Å²) >= 11 is 0. The monoisotopic (exact) mass is 315 g/mol. The second-order valence-corrected chi connectivity index (χ2v) is 6.68. The summed E-state index contributed by atoms with van der Waals surface area (Å²) in [6.45, 7) is 1.99. The van der Waals surface area contributed by atoms with Crippen LogP contribution in [0.3, 0.4) is 0 Å². The lowest BCUT2D eigenvalue weighted by molar-refractivity contribution is -0.128. The number of benzene rings is 1. The second kappa shape index (κ2) is 7.13. The number of amides is 2. The Morgan fingerprint density at radius 3 is 2.70 bits per heavy atom. The highest BCUT2D eigenvalue weighted by Gasteiger charge is 2.27. The molecule has 0 radical (unpaired) electrons. The highest BCUT2D eigenvalue weighted by molar-refractivity contribution is 5.79. The molecule has 0 aromatic heterocycles. The Morgan fingerprint density at radius 1 is 1.26 bits per heavy atom. The number of nitrogens with zero attached hydrogens (tertiary/aromatic N) is 1. The normalized spacial score (nSPS) is 24.2. The number of nitrogens with one attached hydrogen (secondary N) is 1. The maximum atomic E-state index is 12.2. The molecule has 5 heteroatoms. The van der Waals surface area contributed by atoms with Crippen molar-refractivity contribution in [1.82, 2.24) is 10.2 Å². The quantitative estimate of drug-likeness (QED) is 0.865. The van der Waals surface area contributed by atoms with Gasteiger partial charge in [0.1, 0.15) is 0 Å². The summed E-state index contributed by atoms with van der Waals surface area (Å²) in [4.78, 5) is 25.9. The first kappa shape index (κ1) is 16.0. The van der Waals surface area contributed by atoms with Gasteiger partial charge in [0, 0.05) is 38.0 Å². The predicted molar refractivity (Wildman–Crippen MR) is 88.3 cm³/mol. The van der Waals surface area contributed by atoms with E-state index in [0.29, 0.717) is 19.5 Å². The van der Waals surface area contributed by atoms with Crippen molar-refractivity contribution >= 4 is 11.8 Å². The van der Waals surface area contributed by atoms with Gasteiger partial charge in [-0.2, -0.15) is 0 Å². The fourth-order valence-electron chi connectivity index (χ4n) is 3.54. The molecule has 2 aliphatic rings. The summed E-state index contributed by atoms with van der Waals surface area (Å²) in [5.74, 6) is 0.381. The topological polar surface area (TPSA) is 75.4 Å². The van der Waals surface area contributed by atoms with E-state index in [2.05, 4.69) is 5.32 Å². The SMILES string of the molecule is N[C@@H]1CC[C@@H](C(=O)NCc2ccccc2CN2CCCC2=O)C1. The van der Waals surface area contributed by atoms with Crippen LogP contribution in [0, 0.1) is 5.92 Å². The van der Waals surface area contributed by atoms with Gasteiger partial charge < -0.3 is 16.0 Å². The van der Waals surface area contributed by atoms with E-state index >= 15 is 0 Å². The molecule has 1 aliphatic heterocycles. The maximum Gasteiger partial charge on any atom is 0.223 e. The van der Waals surface area contributed by atoms with E-state index in [1.54, 1.807) is 0 Å². The summed E-state index contributed by atoms with van der Waals surface area (Å²) in [6, 6.07) is 8.19. The van der Waals surface area contributed by atoms with Crippen LogP contribution in [0.5, 0.6) is 0 Å². The minimum absolute atomic E-state index is 0.0531. The number of rotatable bonds is 5. The van der Waals surface area contributed by atoms with E-state index in [1.165, 1.54) is 0 Å². The van der Waals surface area contributed by atoms with Crippen LogP contribution in [-0.2, 0) is 22.7 Å². The van der Waals surface area contributed by atoms with E-state index in [9.17, 15) is 9.59 Å². The molecule has 0 bridgehead atoms. The molecule has 3 N–H and O–H groups in total. The highest BCUT2D eigenvalue weighted by Crippen LogP contribution is 2.24. The molecule has 23 heavy (non-hydrogen) atoms. The third-order valence-corrected chi connectivity index (χ3v) is 4.95. The zero-order valence-electron chi connectivity index (χ0n) is 13.5. The summed E-state index contributed by atoms with van der Waals surface area (Å²) in [7, 11) is 0. The van der Waals surface area contributed by atoms with Crippen LogP contribution in [0.25, 0.3) is 0 Å². The van der Waals surface area contributed by atoms with Gasteiger partial charge in [-0.1, -0.05) is 24.3 Å². The molecule has 2 atom stereocenters. The number of hydrogen-bond donors (Lipinski definition) is 2. The molecule has 0 unspecified atom stereocenters. The van der Waals surface area contributed by atoms with Crippen molar-refractivity contribution in [1.29, 1.82) is 0 Å². The van der Waals surface area contributed by atoms with Gasteiger partial charge in [-0.05, 0) is 36.8 Å². The van der Waals surface area contributed by atoms with E-state index in [1.807, 2.05) is 29.2 Å². The van der Waals surface area contributed by atoms with Crippen molar-refractivity contribution in [2.45, 2.75) is 51.2 Å². The number of carbonyl (C=O) groups is 2. The van der Waals surface area contributed by atoms with Crippen LogP contribution in [0.2, 0.25) is 0 Å². The van der Waals surface area contributed by atoms with Crippen LogP contribution >= 0.6 is 0 Å². The molecule has 124 valence electrons. The smallest absolute Gasteiger partial charge is 0.223 e. The molecular formula is C18H25N3O2. The lowest BCUT2D eigenvalue weighted by Gasteiger charge is -2.19. The van der Waals surface area contributed by atoms with Crippen LogP contribution in [0.1, 0.15) is 43.2 Å². The van der Waals surface area contributed by atoms with Crippen LogP contribution in [0.15, 0.2) is 24.3 Å². The lowest BCUT2D eigenvalue weighted by Crippen LogP contribution is -2.31. The number of nitrogens with two attached hydrogens (primary N) is 1. The van der Waals surface area contributed by atoms with Gasteiger partial charge in [0.15, 0.2) is 0 Å². The van der Waals surface area contributed by atoms with E-state index in [0.717, 1.165) is 43.4 Å². The number of likely N-dealkylation sites (tertiary alicyclic amines) is 1. The second-order valence-electron chi connectivity index (χ2n) is 6.68. The summed E-state index contributed by atoms with van der Waals surface area (Å²) in [5, 5.41) is 3.04. The number of carbonyl (C=O) groups excluding carboxylic acids is 2. The van der Waals surface area contributed by atoms with Crippen molar-refractivity contribution in [2.75, 3.05) is 6.54 Å². The molecule has 2 amide bonds. The number of hydrogen-bond acceptors (Lipinski definition) is 3. The Kier molecular flexibility index (Phi) is 4.96. The standard InChI is InChI=1S/C18H25N3O2/c19-16-8-7-13(10-16)18(23)20-11-14-4-1-2-5-15(14)12-21-9-3-6-17(21)22/h1-2,4-5,13,16H,3,6-12,19H2,(H,20,23)/t13-,16-/m1/s1. The first-order chi connectivity index (χ1) is 11.1. The predicted octanol–water partition coefficient (Wildman–Crippen LogP) is 1.55. The third-order valence-electron chi connectivity index (χ3n) is 4.95. The molecule has 3 rings (SSSR count). The first-order valence-corrected chi connectivity index (χ1v) is 8.51. The molecule has 1 aliphatic carbocycles. The van der Waals surface area contributed by atoms with Crippen molar-refractivity contribution in [3.63, 3.8) is 0 Å². The molecule has 5 nitrogen and oxygen atoms in total. The highest BCUT2D eigenvalue weighted by atomic mass is 16.2. The Morgan fingerprint density at radius 2 is 2.04 bits per heavy atom. The van der Waals surface area contributed by atoms with Gasteiger partial charge in [0.05, 0.1) is 0 Å². The van der Waals surface area contributed by atoms with Crippen molar-refractivity contribution < 1.29 is 9.59 Å². The fourth-order valence-corrected chi connectivity index (χ4v) is 3.54. The van der Waals surface area contributed by atoms with Gasteiger partial charge >= 0.3 is 0 Å².